The van der Waals surface area contributed by atoms with E-state index in [1.165, 1.54) is 78.4 Å². The molecule has 0 fully saturated rings. The summed E-state index contributed by atoms with van der Waals surface area (Å²) in [4.78, 5) is 6.80. The molecule has 1 atom stereocenters. The molecule has 0 aliphatic heterocycles. The molecule has 1 heterocycles. The topological polar surface area (TPSA) is 68.9 Å². The van der Waals surface area contributed by atoms with Gasteiger partial charge in [0.1, 0.15) is 0 Å². The van der Waals surface area contributed by atoms with Crippen molar-refractivity contribution in [3.05, 3.63) is 28.3 Å². The number of fused-ring (bicyclic) bond motifs is 2. The van der Waals surface area contributed by atoms with E-state index in [9.17, 15) is 0 Å². The second-order valence-corrected chi connectivity index (χ2v) is 8.45. The fourth-order valence-corrected chi connectivity index (χ4v) is 4.52. The van der Waals surface area contributed by atoms with Crippen molar-refractivity contribution in [3.63, 3.8) is 0 Å². The molecule has 6 nitrogen and oxygen atoms in total. The van der Waals surface area contributed by atoms with Crippen molar-refractivity contribution in [2.24, 2.45) is 0 Å². The largest absolute Gasteiger partial charge is 0.324 e. The van der Waals surface area contributed by atoms with Gasteiger partial charge >= 0.3 is 0 Å². The summed E-state index contributed by atoms with van der Waals surface area (Å²) in [6.07, 6.45) is 7.29. The Morgan fingerprint density at radius 3 is 2.50 bits per heavy atom. The molecule has 1 unspecified atom stereocenters. The number of benzene rings is 1. The van der Waals surface area contributed by atoms with Crippen molar-refractivity contribution in [1.82, 2.24) is 24.8 Å². The molecule has 1 aromatic heterocycles. The average molecular weight is 373 g/mol. The average Bonchev–Trinajstić information content (AvgIpc) is 3.34. The van der Waals surface area contributed by atoms with Gasteiger partial charge in [-0.15, -0.1) is 5.10 Å². The van der Waals surface area contributed by atoms with Crippen LogP contribution < -0.4 is 10.0 Å². The highest BCUT2D eigenvalue weighted by Crippen LogP contribution is 2.39. The molecule has 1 aromatic carbocycles. The van der Waals surface area contributed by atoms with Crippen molar-refractivity contribution in [3.8, 4) is 0 Å². The predicted octanol–water partition coefficient (Wildman–Crippen LogP) is 3.07. The van der Waals surface area contributed by atoms with Gasteiger partial charge in [-0.1, -0.05) is 6.07 Å². The summed E-state index contributed by atoms with van der Waals surface area (Å²) in [5.74, 6) is 0.740. The van der Waals surface area contributed by atoms with Crippen molar-refractivity contribution in [2.45, 2.75) is 56.6 Å². The van der Waals surface area contributed by atoms with Gasteiger partial charge in [-0.25, -0.2) is 5.10 Å². The summed E-state index contributed by atoms with van der Waals surface area (Å²) >= 11 is 1.48. The Bertz CT molecular complexity index is 752. The fraction of sp³-hybridized carbons (Fsp3) is 0.579. The van der Waals surface area contributed by atoms with E-state index in [0.717, 1.165) is 17.6 Å². The molecule has 3 N–H and O–H groups in total. The van der Waals surface area contributed by atoms with E-state index in [0.29, 0.717) is 6.04 Å². The number of aromatic nitrogens is 3. The van der Waals surface area contributed by atoms with Crippen LogP contribution in [-0.2, 0) is 25.7 Å². The van der Waals surface area contributed by atoms with E-state index in [-0.39, 0.29) is 0 Å². The molecule has 2 aliphatic carbocycles. The normalized spacial score (nSPS) is 16.8. The Kier molecular flexibility index (Phi) is 5.20. The first-order valence-electron chi connectivity index (χ1n) is 9.54. The number of hydrogen-bond acceptors (Lipinski definition) is 6. The van der Waals surface area contributed by atoms with Crippen LogP contribution in [0.5, 0.6) is 0 Å². The molecule has 7 heteroatoms. The van der Waals surface area contributed by atoms with Gasteiger partial charge in [0, 0.05) is 18.3 Å². The van der Waals surface area contributed by atoms with E-state index in [1.54, 1.807) is 0 Å². The lowest BCUT2D eigenvalue weighted by atomic mass is 9.99. The highest BCUT2D eigenvalue weighted by atomic mass is 32.2. The number of likely N-dealkylation sites (N-methyl/N-ethyl adjacent to an activating group) is 1. The molecule has 140 valence electrons. The number of aryl methyl sites for hydroxylation is 2. The monoisotopic (exact) mass is 372 g/mol. The van der Waals surface area contributed by atoms with Crippen LogP contribution in [0.2, 0.25) is 0 Å². The van der Waals surface area contributed by atoms with Crippen LogP contribution in [0.4, 0.5) is 11.6 Å². The zero-order valence-corrected chi connectivity index (χ0v) is 16.7. The first kappa shape index (κ1) is 17.8. The second-order valence-electron chi connectivity index (χ2n) is 7.59. The van der Waals surface area contributed by atoms with Gasteiger partial charge in [0.05, 0.1) is 0 Å². The van der Waals surface area contributed by atoms with E-state index < -0.39 is 0 Å². The van der Waals surface area contributed by atoms with Crippen molar-refractivity contribution >= 4 is 23.6 Å². The van der Waals surface area contributed by atoms with E-state index in [4.69, 9.17) is 0 Å². The predicted molar refractivity (Wildman–Crippen MR) is 107 cm³/mol. The van der Waals surface area contributed by atoms with Crippen LogP contribution in [0.25, 0.3) is 0 Å². The zero-order chi connectivity index (χ0) is 18.1. The third-order valence-corrected chi connectivity index (χ3v) is 6.28. The second kappa shape index (κ2) is 7.58. The Morgan fingerprint density at radius 1 is 1.15 bits per heavy atom. The number of H-pyrrole nitrogens is 1. The first-order chi connectivity index (χ1) is 12.6. The summed E-state index contributed by atoms with van der Waals surface area (Å²) in [7, 11) is 4.17. The molecule has 0 radical (unpaired) electrons. The van der Waals surface area contributed by atoms with E-state index in [2.05, 4.69) is 57.2 Å². The van der Waals surface area contributed by atoms with Gasteiger partial charge in [-0.05, 0) is 93.7 Å². The molecule has 0 saturated heterocycles. The Balaban J connectivity index is 1.45. The lowest BCUT2D eigenvalue weighted by Crippen LogP contribution is -2.32. The van der Waals surface area contributed by atoms with E-state index in [1.807, 2.05) is 0 Å². The van der Waals surface area contributed by atoms with E-state index >= 15 is 0 Å². The minimum atomic E-state index is 0.466. The summed E-state index contributed by atoms with van der Waals surface area (Å²) in [5, 5.41) is 11.7. The van der Waals surface area contributed by atoms with Crippen LogP contribution in [0.1, 0.15) is 42.0 Å². The molecule has 0 amide bonds. The Morgan fingerprint density at radius 2 is 1.85 bits per heavy atom. The third kappa shape index (κ3) is 3.61. The highest BCUT2D eigenvalue weighted by molar-refractivity contribution is 7.97. The maximum atomic E-state index is 4.61. The summed E-state index contributed by atoms with van der Waals surface area (Å²) < 4.78 is 3.35. The number of aromatic amines is 1. The van der Waals surface area contributed by atoms with Gasteiger partial charge in [0.2, 0.25) is 11.1 Å². The van der Waals surface area contributed by atoms with Crippen molar-refractivity contribution in [1.29, 1.82) is 0 Å². The summed E-state index contributed by atoms with van der Waals surface area (Å²) in [6, 6.07) is 2.92. The quantitative estimate of drug-likeness (QED) is 0.649. The Labute approximate surface area is 159 Å². The molecule has 26 heavy (non-hydrogen) atoms. The van der Waals surface area contributed by atoms with Gasteiger partial charge in [-0.2, -0.15) is 4.98 Å². The number of hydrogen-bond donors (Lipinski definition) is 3. The molecule has 4 rings (SSSR count). The number of rotatable bonds is 7. The van der Waals surface area contributed by atoms with Crippen molar-refractivity contribution in [2.75, 3.05) is 26.0 Å². The molecule has 0 bridgehead atoms. The highest BCUT2D eigenvalue weighted by Gasteiger charge is 2.24. The van der Waals surface area contributed by atoms with Gasteiger partial charge in [-0.3, -0.25) is 4.72 Å². The van der Waals surface area contributed by atoms with Crippen LogP contribution in [0.15, 0.2) is 11.2 Å². The molecular weight excluding hydrogens is 344 g/mol. The van der Waals surface area contributed by atoms with Gasteiger partial charge in [0.25, 0.3) is 0 Å². The Hall–Kier alpha value is -1.57. The molecule has 0 saturated carbocycles. The molecule has 2 aliphatic rings. The van der Waals surface area contributed by atoms with Crippen LogP contribution in [0.3, 0.4) is 0 Å². The SMILES string of the molecule is CC(CNSc1n[nH]c(Nc2c3c(cc4c2CCC4)CCC3)n1)N(C)C. The molecule has 0 spiro atoms. The first-order valence-corrected chi connectivity index (χ1v) is 10.4. The number of nitrogens with zero attached hydrogens (tertiary/aromatic N) is 3. The smallest absolute Gasteiger partial charge is 0.225 e. The van der Waals surface area contributed by atoms with Crippen LogP contribution >= 0.6 is 11.9 Å². The van der Waals surface area contributed by atoms with Crippen molar-refractivity contribution < 1.29 is 0 Å². The summed E-state index contributed by atoms with van der Waals surface area (Å²) in [6.45, 7) is 3.07. The zero-order valence-electron chi connectivity index (χ0n) is 15.9. The molecular formula is C19H28N6S. The lowest BCUT2D eigenvalue weighted by molar-refractivity contribution is 0.316. The maximum Gasteiger partial charge on any atom is 0.225 e. The van der Waals surface area contributed by atoms with Crippen LogP contribution in [0, 0.1) is 0 Å². The van der Waals surface area contributed by atoms with Crippen LogP contribution in [-0.4, -0.2) is 46.8 Å². The van der Waals surface area contributed by atoms with Gasteiger partial charge < -0.3 is 10.2 Å². The minimum absolute atomic E-state index is 0.466. The van der Waals surface area contributed by atoms with Gasteiger partial charge in [0.15, 0.2) is 0 Å². The third-order valence-electron chi connectivity index (χ3n) is 5.61. The summed E-state index contributed by atoms with van der Waals surface area (Å²) in [5.41, 5.74) is 7.35. The minimum Gasteiger partial charge on any atom is -0.324 e. The fourth-order valence-electron chi connectivity index (χ4n) is 3.84. The molecule has 2 aromatic rings. The number of anilines is 2. The number of nitrogens with one attached hydrogen (secondary N) is 3. The lowest BCUT2D eigenvalue weighted by Gasteiger charge is -2.19. The maximum absolute atomic E-state index is 4.61. The standard InChI is InChI=1S/C19H28N6S/c1-12(25(2)3)11-20-26-19-22-18(23-24-19)21-17-15-8-4-6-13(15)10-14-7-5-9-16(14)17/h10,12,20H,4-9,11H2,1-3H3,(H2,21,22,23,24).